The smallest absolute Gasteiger partial charge is 0.258 e. The molecule has 0 heterocycles. The number of benzene rings is 2. The summed E-state index contributed by atoms with van der Waals surface area (Å²) in [4.78, 5) is 0. The third kappa shape index (κ3) is 2.64. The normalized spacial score (nSPS) is 11.5. The number of nitrogens with zero attached hydrogens (tertiary/aromatic N) is 1. The third-order valence-electron chi connectivity index (χ3n) is 2.43. The van der Waals surface area contributed by atoms with E-state index < -0.39 is 0 Å². The molecule has 0 spiro atoms. The molecule has 0 amide bonds. The number of hydrogen-bond donors (Lipinski definition) is 1. The van der Waals surface area contributed by atoms with Crippen molar-refractivity contribution in [3.05, 3.63) is 64.9 Å². The molecule has 0 bridgehead atoms. The number of rotatable bonds is 2. The van der Waals surface area contributed by atoms with Crippen molar-refractivity contribution >= 4 is 11.9 Å². The topological polar surface area (TPSA) is 46.3 Å². The zero-order chi connectivity index (χ0) is 12.3. The summed E-state index contributed by atoms with van der Waals surface area (Å²) < 4.78 is 0.671. The van der Waals surface area contributed by atoms with Gasteiger partial charge in [0.2, 0.25) is 0 Å². The summed E-state index contributed by atoms with van der Waals surface area (Å²) >= 11 is 0. The fourth-order valence-corrected chi connectivity index (χ4v) is 1.56. The van der Waals surface area contributed by atoms with Crippen molar-refractivity contribution < 1.29 is 9.85 Å². The molecule has 17 heavy (non-hydrogen) atoms. The second kappa shape index (κ2) is 4.70. The van der Waals surface area contributed by atoms with Crippen LogP contribution in [0, 0.1) is 12.1 Å². The van der Waals surface area contributed by atoms with Gasteiger partial charge < -0.3 is 10.3 Å². The number of phenolic OH excluding ortho intramolecular Hbond substituents is 1. The van der Waals surface area contributed by atoms with E-state index in [-0.39, 0.29) is 11.4 Å². The first kappa shape index (κ1) is 11.2. The van der Waals surface area contributed by atoms with Gasteiger partial charge in [-0.1, -0.05) is 24.3 Å². The molecule has 0 aromatic heterocycles. The lowest BCUT2D eigenvalue weighted by atomic mass is 10.2. The lowest BCUT2D eigenvalue weighted by Gasteiger charge is -2.05. The van der Waals surface area contributed by atoms with E-state index >= 15 is 0 Å². The Balaban J connectivity index is 2.37. The fraction of sp³-hybridized carbons (Fsp3) is 0.0714. The van der Waals surface area contributed by atoms with E-state index in [0.29, 0.717) is 4.74 Å². The summed E-state index contributed by atoms with van der Waals surface area (Å²) in [5.74, 6) is -0.00724. The van der Waals surface area contributed by atoms with Gasteiger partial charge in [0.15, 0.2) is 12.0 Å². The zero-order valence-corrected chi connectivity index (χ0v) is 9.50. The molecule has 2 aromatic rings. The number of aromatic hydroxyl groups is 1. The summed E-state index contributed by atoms with van der Waals surface area (Å²) in [6.45, 7) is 1.86. The molecule has 0 saturated heterocycles. The second-order valence-electron chi connectivity index (χ2n) is 3.86. The van der Waals surface area contributed by atoms with Gasteiger partial charge in [-0.25, -0.2) is 0 Å². The van der Waals surface area contributed by atoms with Crippen LogP contribution in [0.15, 0.2) is 48.5 Å². The van der Waals surface area contributed by atoms with Crippen molar-refractivity contribution in [2.75, 3.05) is 0 Å². The van der Waals surface area contributed by atoms with Crippen molar-refractivity contribution in [3.63, 3.8) is 0 Å². The van der Waals surface area contributed by atoms with Gasteiger partial charge in [-0.15, -0.1) is 0 Å². The molecule has 0 atom stereocenters. The van der Waals surface area contributed by atoms with Crippen LogP contribution in [-0.4, -0.2) is 16.1 Å². The first-order valence-corrected chi connectivity index (χ1v) is 5.33. The van der Waals surface area contributed by atoms with Crippen LogP contribution in [-0.2, 0) is 0 Å². The standard InChI is InChI=1S/C14H13NO2/c1-11-7-8-13(14(16)9-11)15(17)10-12-5-3-2-4-6-12/h2-10,16H,1H3. The summed E-state index contributed by atoms with van der Waals surface area (Å²) in [5.41, 5.74) is 1.96. The Morgan fingerprint density at radius 3 is 2.47 bits per heavy atom. The van der Waals surface area contributed by atoms with Crippen LogP contribution in [0.25, 0.3) is 0 Å². The van der Waals surface area contributed by atoms with Gasteiger partial charge in [0, 0.05) is 11.6 Å². The summed E-state index contributed by atoms with van der Waals surface area (Å²) in [6.07, 6.45) is 1.43. The summed E-state index contributed by atoms with van der Waals surface area (Å²) in [6, 6.07) is 14.2. The maximum atomic E-state index is 11.8. The van der Waals surface area contributed by atoms with E-state index in [1.54, 1.807) is 18.2 Å². The van der Waals surface area contributed by atoms with Crippen molar-refractivity contribution in [3.8, 4) is 5.75 Å². The third-order valence-corrected chi connectivity index (χ3v) is 2.43. The molecular weight excluding hydrogens is 214 g/mol. The predicted octanol–water partition coefficient (Wildman–Crippen LogP) is 2.96. The predicted molar refractivity (Wildman–Crippen MR) is 67.7 cm³/mol. The maximum absolute atomic E-state index is 11.8. The average Bonchev–Trinajstić information content (AvgIpc) is 2.30. The number of aryl methyl sites for hydroxylation is 1. The van der Waals surface area contributed by atoms with Crippen LogP contribution < -0.4 is 0 Å². The van der Waals surface area contributed by atoms with E-state index in [0.717, 1.165) is 11.1 Å². The van der Waals surface area contributed by atoms with Crippen LogP contribution in [0.3, 0.4) is 0 Å². The van der Waals surface area contributed by atoms with Gasteiger partial charge in [-0.05, 0) is 30.7 Å². The van der Waals surface area contributed by atoms with Crippen LogP contribution in [0.5, 0.6) is 5.75 Å². The van der Waals surface area contributed by atoms with Crippen LogP contribution in [0.2, 0.25) is 0 Å². The minimum Gasteiger partial charge on any atom is -0.618 e. The van der Waals surface area contributed by atoms with Crippen molar-refractivity contribution in [1.82, 2.24) is 0 Å². The molecule has 0 radical (unpaired) electrons. The van der Waals surface area contributed by atoms with E-state index in [1.165, 1.54) is 6.21 Å². The first-order chi connectivity index (χ1) is 8.16. The first-order valence-electron chi connectivity index (χ1n) is 5.33. The van der Waals surface area contributed by atoms with E-state index in [9.17, 15) is 10.3 Å². The number of phenols is 1. The minimum atomic E-state index is -0.00724. The molecule has 0 saturated carbocycles. The highest BCUT2D eigenvalue weighted by molar-refractivity contribution is 5.76. The molecule has 0 unspecified atom stereocenters. The Kier molecular flexibility index (Phi) is 3.10. The SMILES string of the molecule is Cc1ccc([N+]([O-])=Cc2ccccc2)c(O)c1. The molecule has 1 N–H and O–H groups in total. The Bertz CT molecular complexity index is 547. The molecule has 3 heteroatoms. The highest BCUT2D eigenvalue weighted by atomic mass is 16.5. The Labute approximate surface area is 99.9 Å². The van der Waals surface area contributed by atoms with Gasteiger partial charge in [-0.3, -0.25) is 0 Å². The Hall–Kier alpha value is -2.29. The maximum Gasteiger partial charge on any atom is 0.258 e. The number of hydrogen-bond acceptors (Lipinski definition) is 2. The average molecular weight is 227 g/mol. The van der Waals surface area contributed by atoms with Gasteiger partial charge in [0.05, 0.1) is 0 Å². The molecule has 2 rings (SSSR count). The lowest BCUT2D eigenvalue weighted by Crippen LogP contribution is -1.99. The van der Waals surface area contributed by atoms with Gasteiger partial charge in [0.1, 0.15) is 0 Å². The summed E-state index contributed by atoms with van der Waals surface area (Å²) in [5, 5.41) is 21.5. The quantitative estimate of drug-likeness (QED) is 0.371. The van der Waals surface area contributed by atoms with Crippen molar-refractivity contribution in [1.29, 1.82) is 0 Å². The Morgan fingerprint density at radius 2 is 1.82 bits per heavy atom. The lowest BCUT2D eigenvalue weighted by molar-refractivity contribution is -0.355. The fourth-order valence-electron chi connectivity index (χ4n) is 1.56. The van der Waals surface area contributed by atoms with E-state index in [2.05, 4.69) is 0 Å². The van der Waals surface area contributed by atoms with E-state index in [1.807, 2.05) is 37.3 Å². The molecule has 0 aliphatic carbocycles. The van der Waals surface area contributed by atoms with Crippen LogP contribution in [0.4, 0.5) is 5.69 Å². The van der Waals surface area contributed by atoms with Gasteiger partial charge in [-0.2, -0.15) is 4.74 Å². The molecule has 2 aromatic carbocycles. The van der Waals surface area contributed by atoms with Gasteiger partial charge in [0.25, 0.3) is 5.69 Å². The highest BCUT2D eigenvalue weighted by Gasteiger charge is 2.08. The summed E-state index contributed by atoms with van der Waals surface area (Å²) in [7, 11) is 0. The van der Waals surface area contributed by atoms with E-state index in [4.69, 9.17) is 0 Å². The minimum absolute atomic E-state index is 0.00724. The zero-order valence-electron chi connectivity index (χ0n) is 9.50. The van der Waals surface area contributed by atoms with Crippen molar-refractivity contribution in [2.45, 2.75) is 6.92 Å². The van der Waals surface area contributed by atoms with Crippen LogP contribution >= 0.6 is 0 Å². The molecule has 86 valence electrons. The van der Waals surface area contributed by atoms with Gasteiger partial charge >= 0.3 is 0 Å². The molecule has 3 nitrogen and oxygen atoms in total. The second-order valence-corrected chi connectivity index (χ2v) is 3.86. The molecule has 0 fully saturated rings. The highest BCUT2D eigenvalue weighted by Crippen LogP contribution is 2.26. The molecule has 0 aliphatic rings. The van der Waals surface area contributed by atoms with Crippen LogP contribution in [0.1, 0.15) is 11.1 Å². The largest absolute Gasteiger partial charge is 0.618 e. The Morgan fingerprint density at radius 1 is 1.12 bits per heavy atom. The monoisotopic (exact) mass is 227 g/mol. The molecule has 0 aliphatic heterocycles. The van der Waals surface area contributed by atoms with Crippen molar-refractivity contribution in [2.24, 2.45) is 0 Å². The molecular formula is C14H13NO2.